The summed E-state index contributed by atoms with van der Waals surface area (Å²) < 4.78 is 0. The Balaban J connectivity index is 1.44. The highest BCUT2D eigenvalue weighted by Gasteiger charge is 2.39. The van der Waals surface area contributed by atoms with Gasteiger partial charge in [-0.25, -0.2) is 0 Å². The normalized spacial score (nSPS) is 29.4. The highest BCUT2D eigenvalue weighted by atomic mass is 16.2. The molecule has 2 fully saturated rings. The van der Waals surface area contributed by atoms with Crippen molar-refractivity contribution in [3.63, 3.8) is 0 Å². The van der Waals surface area contributed by atoms with Crippen LogP contribution in [-0.2, 0) is 4.79 Å². The topological polar surface area (TPSA) is 41.1 Å². The number of amides is 1. The number of anilines is 1. The van der Waals surface area contributed by atoms with E-state index in [4.69, 9.17) is 0 Å². The van der Waals surface area contributed by atoms with Crippen LogP contribution in [-0.4, -0.2) is 18.5 Å². The van der Waals surface area contributed by atoms with E-state index in [1.165, 1.54) is 25.7 Å². The lowest BCUT2D eigenvalue weighted by Gasteiger charge is -2.24. The quantitative estimate of drug-likeness (QED) is 0.865. The van der Waals surface area contributed by atoms with Crippen LogP contribution in [0, 0.1) is 17.8 Å². The molecule has 2 aliphatic carbocycles. The van der Waals surface area contributed by atoms with Crippen molar-refractivity contribution < 1.29 is 4.79 Å². The van der Waals surface area contributed by atoms with E-state index in [0.717, 1.165) is 30.0 Å². The first kappa shape index (κ1) is 13.6. The monoisotopic (exact) mass is 272 g/mol. The van der Waals surface area contributed by atoms with Crippen LogP contribution in [0.4, 0.5) is 5.69 Å². The van der Waals surface area contributed by atoms with E-state index >= 15 is 0 Å². The highest BCUT2D eigenvalue weighted by molar-refractivity contribution is 5.94. The second-order valence-corrected chi connectivity index (χ2v) is 6.42. The van der Waals surface area contributed by atoms with Crippen molar-refractivity contribution >= 4 is 11.6 Å². The number of carbonyl (C=O) groups is 1. The molecule has 4 atom stereocenters. The number of hydrogen-bond donors (Lipinski definition) is 2. The van der Waals surface area contributed by atoms with Gasteiger partial charge in [-0.3, -0.25) is 4.79 Å². The summed E-state index contributed by atoms with van der Waals surface area (Å²) in [5, 5.41) is 6.37. The molecule has 3 nitrogen and oxygen atoms in total. The third-order valence-corrected chi connectivity index (χ3v) is 5.01. The van der Waals surface area contributed by atoms with Gasteiger partial charge < -0.3 is 10.6 Å². The van der Waals surface area contributed by atoms with Crippen LogP contribution in [0.3, 0.4) is 0 Å². The van der Waals surface area contributed by atoms with Crippen molar-refractivity contribution in [2.24, 2.45) is 17.8 Å². The van der Waals surface area contributed by atoms with Gasteiger partial charge in [-0.15, -0.1) is 0 Å². The Kier molecular flexibility index (Phi) is 4.06. The van der Waals surface area contributed by atoms with Gasteiger partial charge in [0.2, 0.25) is 5.91 Å². The van der Waals surface area contributed by atoms with Gasteiger partial charge in [-0.05, 0) is 62.6 Å². The summed E-state index contributed by atoms with van der Waals surface area (Å²) in [6.07, 6.45) is 5.63. The zero-order valence-corrected chi connectivity index (χ0v) is 12.1. The average molecular weight is 272 g/mol. The molecule has 1 amide bonds. The van der Waals surface area contributed by atoms with Gasteiger partial charge >= 0.3 is 0 Å². The van der Waals surface area contributed by atoms with E-state index in [2.05, 4.69) is 10.6 Å². The first-order valence-corrected chi connectivity index (χ1v) is 7.81. The number of carbonyl (C=O) groups excluding carboxylic acids is 1. The van der Waals surface area contributed by atoms with Gasteiger partial charge in [0.1, 0.15) is 0 Å². The summed E-state index contributed by atoms with van der Waals surface area (Å²) in [6.45, 7) is 2.94. The standard InChI is InChI=1S/C17H24N2O/c1-12(17(20)19-16-5-3-2-4-6-16)18-11-15-10-13-7-8-14(15)9-13/h2-6,12-15,18H,7-11H2,1H3,(H,19,20). The molecule has 1 aromatic rings. The Morgan fingerprint density at radius 1 is 1.25 bits per heavy atom. The molecule has 3 rings (SSSR count). The minimum Gasteiger partial charge on any atom is -0.325 e. The zero-order valence-electron chi connectivity index (χ0n) is 12.1. The number of benzene rings is 1. The summed E-state index contributed by atoms with van der Waals surface area (Å²) in [5.41, 5.74) is 0.867. The van der Waals surface area contributed by atoms with Crippen LogP contribution in [0.15, 0.2) is 30.3 Å². The van der Waals surface area contributed by atoms with Crippen molar-refractivity contribution in [3.8, 4) is 0 Å². The third kappa shape index (κ3) is 3.04. The van der Waals surface area contributed by atoms with Crippen LogP contribution >= 0.6 is 0 Å². The molecule has 3 heteroatoms. The van der Waals surface area contributed by atoms with Crippen molar-refractivity contribution in [2.45, 2.75) is 38.6 Å². The maximum Gasteiger partial charge on any atom is 0.241 e. The van der Waals surface area contributed by atoms with Gasteiger partial charge in [0.15, 0.2) is 0 Å². The van der Waals surface area contributed by atoms with Crippen molar-refractivity contribution in [1.29, 1.82) is 0 Å². The minimum absolute atomic E-state index is 0.0550. The van der Waals surface area contributed by atoms with E-state index in [-0.39, 0.29) is 11.9 Å². The molecule has 2 N–H and O–H groups in total. The Morgan fingerprint density at radius 3 is 2.70 bits per heavy atom. The molecule has 2 bridgehead atoms. The molecule has 2 aliphatic rings. The summed E-state index contributed by atoms with van der Waals surface area (Å²) in [7, 11) is 0. The predicted molar refractivity (Wildman–Crippen MR) is 81.5 cm³/mol. The first-order valence-electron chi connectivity index (χ1n) is 7.81. The fourth-order valence-corrected chi connectivity index (χ4v) is 3.82. The summed E-state index contributed by atoms with van der Waals surface area (Å²) in [4.78, 5) is 12.1. The lowest BCUT2D eigenvalue weighted by molar-refractivity contribution is -0.117. The van der Waals surface area contributed by atoms with Gasteiger partial charge in [0.25, 0.3) is 0 Å². The highest BCUT2D eigenvalue weighted by Crippen LogP contribution is 2.47. The molecule has 20 heavy (non-hydrogen) atoms. The van der Waals surface area contributed by atoms with E-state index in [9.17, 15) is 4.79 Å². The number of rotatable bonds is 5. The molecule has 0 saturated heterocycles. The molecule has 0 radical (unpaired) electrons. The molecule has 1 aromatic carbocycles. The number of para-hydroxylation sites is 1. The van der Waals surface area contributed by atoms with Crippen LogP contribution < -0.4 is 10.6 Å². The maximum absolute atomic E-state index is 12.1. The van der Waals surface area contributed by atoms with E-state index < -0.39 is 0 Å². The van der Waals surface area contributed by atoms with Crippen LogP contribution in [0.2, 0.25) is 0 Å². The molecule has 0 spiro atoms. The largest absolute Gasteiger partial charge is 0.325 e. The Labute approximate surface area is 121 Å². The van der Waals surface area contributed by atoms with Gasteiger partial charge in [0.05, 0.1) is 6.04 Å². The van der Waals surface area contributed by atoms with E-state index in [1.54, 1.807) is 0 Å². The third-order valence-electron chi connectivity index (χ3n) is 5.01. The molecule has 2 saturated carbocycles. The smallest absolute Gasteiger partial charge is 0.241 e. The van der Waals surface area contributed by atoms with Crippen LogP contribution in [0.5, 0.6) is 0 Å². The lowest BCUT2D eigenvalue weighted by Crippen LogP contribution is -2.41. The fraction of sp³-hybridized carbons (Fsp3) is 0.588. The fourth-order valence-electron chi connectivity index (χ4n) is 3.82. The van der Waals surface area contributed by atoms with Crippen molar-refractivity contribution in [1.82, 2.24) is 5.32 Å². The van der Waals surface area contributed by atoms with Gasteiger partial charge in [0, 0.05) is 5.69 Å². The zero-order chi connectivity index (χ0) is 13.9. The Hall–Kier alpha value is -1.35. The van der Waals surface area contributed by atoms with Crippen molar-refractivity contribution in [2.75, 3.05) is 11.9 Å². The summed E-state index contributed by atoms with van der Waals surface area (Å²) >= 11 is 0. The molecular formula is C17H24N2O. The molecule has 0 aromatic heterocycles. The molecule has 0 aliphatic heterocycles. The average Bonchev–Trinajstić information content (AvgIpc) is 3.08. The maximum atomic E-state index is 12.1. The summed E-state index contributed by atoms with van der Waals surface area (Å²) in [5.74, 6) is 2.73. The number of fused-ring (bicyclic) bond motifs is 2. The number of nitrogens with one attached hydrogen (secondary N) is 2. The first-order chi connectivity index (χ1) is 9.72. The minimum atomic E-state index is -0.130. The lowest BCUT2D eigenvalue weighted by atomic mass is 9.89. The van der Waals surface area contributed by atoms with Gasteiger partial charge in [-0.2, -0.15) is 0 Å². The molecule has 4 unspecified atom stereocenters. The van der Waals surface area contributed by atoms with Gasteiger partial charge in [-0.1, -0.05) is 24.6 Å². The molecule has 0 heterocycles. The molecular weight excluding hydrogens is 248 g/mol. The second-order valence-electron chi connectivity index (χ2n) is 6.42. The van der Waals surface area contributed by atoms with Crippen molar-refractivity contribution in [3.05, 3.63) is 30.3 Å². The second kappa shape index (κ2) is 5.96. The number of hydrogen-bond acceptors (Lipinski definition) is 2. The molecule has 108 valence electrons. The SMILES string of the molecule is CC(NCC1CC2CCC1C2)C(=O)Nc1ccccc1. The van der Waals surface area contributed by atoms with E-state index in [1.807, 2.05) is 37.3 Å². The predicted octanol–water partition coefficient (Wildman–Crippen LogP) is 3.04. The Morgan fingerprint density at radius 2 is 2.05 bits per heavy atom. The van der Waals surface area contributed by atoms with E-state index in [0.29, 0.717) is 0 Å². The Bertz CT molecular complexity index is 459. The van der Waals surface area contributed by atoms with Crippen LogP contribution in [0.1, 0.15) is 32.6 Å². The summed E-state index contributed by atoms with van der Waals surface area (Å²) in [6, 6.07) is 9.52. The van der Waals surface area contributed by atoms with Crippen LogP contribution in [0.25, 0.3) is 0 Å².